The quantitative estimate of drug-likeness (QED) is 0.518. The molecule has 0 bridgehead atoms. The van der Waals surface area contributed by atoms with E-state index < -0.39 is 0 Å². The van der Waals surface area contributed by atoms with Gasteiger partial charge in [0.1, 0.15) is 0 Å². The van der Waals surface area contributed by atoms with E-state index in [0.29, 0.717) is 6.54 Å². The van der Waals surface area contributed by atoms with E-state index >= 15 is 0 Å². The molecule has 0 aromatic heterocycles. The van der Waals surface area contributed by atoms with Crippen molar-refractivity contribution in [1.82, 2.24) is 4.90 Å². The number of methoxy groups -OCH3 is 1. The van der Waals surface area contributed by atoms with Crippen LogP contribution < -0.4 is 0 Å². The zero-order valence-electron chi connectivity index (χ0n) is 6.17. The van der Waals surface area contributed by atoms with Crippen molar-refractivity contribution < 1.29 is 9.53 Å². The maximum Gasteiger partial charge on any atom is 0.223 e. The second kappa shape index (κ2) is 3.01. The molecule has 0 saturated carbocycles. The third kappa shape index (κ3) is 1.48. The van der Waals surface area contributed by atoms with E-state index in [-0.39, 0.29) is 12.0 Å². The molecular formula is C7H12NO2. The summed E-state index contributed by atoms with van der Waals surface area (Å²) >= 11 is 0. The van der Waals surface area contributed by atoms with Gasteiger partial charge < -0.3 is 9.64 Å². The minimum atomic E-state index is -0.0976. The summed E-state index contributed by atoms with van der Waals surface area (Å²) in [5, 5.41) is 0. The maximum atomic E-state index is 10.7. The fourth-order valence-electron chi connectivity index (χ4n) is 1.15. The first-order valence-corrected chi connectivity index (χ1v) is 3.37. The Balaban J connectivity index is 2.35. The summed E-state index contributed by atoms with van der Waals surface area (Å²) in [5.41, 5.74) is 0. The highest BCUT2D eigenvalue weighted by Gasteiger charge is 2.23. The molecule has 1 unspecified atom stereocenters. The molecule has 0 aliphatic carbocycles. The standard InChI is InChI=1S/C7H12NO2/c1-6(9)8-4-3-7(5-8)10-2/h7H,1,3-5H2,2H3. The van der Waals surface area contributed by atoms with Gasteiger partial charge in [-0.15, -0.1) is 0 Å². The maximum absolute atomic E-state index is 10.7. The van der Waals surface area contributed by atoms with Crippen LogP contribution in [0.1, 0.15) is 6.42 Å². The topological polar surface area (TPSA) is 29.5 Å². The summed E-state index contributed by atoms with van der Waals surface area (Å²) in [6.45, 7) is 4.82. The van der Waals surface area contributed by atoms with Crippen LogP contribution in [-0.2, 0) is 9.53 Å². The Morgan fingerprint density at radius 1 is 1.80 bits per heavy atom. The SMILES string of the molecule is [CH2]C(=O)N1CCC(OC)C1. The van der Waals surface area contributed by atoms with Gasteiger partial charge in [-0.1, -0.05) is 0 Å². The van der Waals surface area contributed by atoms with Crippen molar-refractivity contribution in [2.45, 2.75) is 12.5 Å². The zero-order valence-corrected chi connectivity index (χ0v) is 6.17. The molecule has 0 spiro atoms. The van der Waals surface area contributed by atoms with E-state index in [1.165, 1.54) is 0 Å². The molecule has 1 saturated heterocycles. The Kier molecular flexibility index (Phi) is 2.27. The molecule has 0 aromatic carbocycles. The summed E-state index contributed by atoms with van der Waals surface area (Å²) in [4.78, 5) is 12.4. The molecule has 0 N–H and O–H groups in total. The Hall–Kier alpha value is -0.570. The first-order valence-electron chi connectivity index (χ1n) is 3.37. The molecule has 1 fully saturated rings. The molecule has 1 aliphatic rings. The molecule has 1 atom stereocenters. The van der Waals surface area contributed by atoms with Gasteiger partial charge in [0.2, 0.25) is 5.91 Å². The largest absolute Gasteiger partial charge is 0.380 e. The number of nitrogens with zero attached hydrogens (tertiary/aromatic N) is 1. The van der Waals surface area contributed by atoms with Gasteiger partial charge in [0.05, 0.1) is 6.10 Å². The molecule has 1 rings (SSSR count). The van der Waals surface area contributed by atoms with Gasteiger partial charge in [0.25, 0.3) is 0 Å². The Labute approximate surface area is 61.0 Å². The lowest BCUT2D eigenvalue weighted by Gasteiger charge is -2.12. The highest BCUT2D eigenvalue weighted by Crippen LogP contribution is 2.10. The molecule has 0 aromatic rings. The Bertz CT molecular complexity index is 136. The van der Waals surface area contributed by atoms with Gasteiger partial charge in [0.15, 0.2) is 0 Å². The Morgan fingerprint density at radius 2 is 2.50 bits per heavy atom. The van der Waals surface area contributed by atoms with Gasteiger partial charge in [-0.3, -0.25) is 4.79 Å². The number of amides is 1. The predicted molar refractivity (Wildman–Crippen MR) is 37.4 cm³/mol. The minimum absolute atomic E-state index is 0.0976. The van der Waals surface area contributed by atoms with E-state index in [4.69, 9.17) is 4.74 Å². The van der Waals surface area contributed by atoms with Crippen molar-refractivity contribution in [2.75, 3.05) is 20.2 Å². The van der Waals surface area contributed by atoms with E-state index in [0.717, 1.165) is 13.0 Å². The van der Waals surface area contributed by atoms with Gasteiger partial charge in [0, 0.05) is 27.1 Å². The van der Waals surface area contributed by atoms with Crippen molar-refractivity contribution in [3.63, 3.8) is 0 Å². The number of hydrogen-bond acceptors (Lipinski definition) is 2. The number of carbonyl (C=O) groups excluding carboxylic acids is 1. The summed E-state index contributed by atoms with van der Waals surface area (Å²) in [6.07, 6.45) is 1.17. The van der Waals surface area contributed by atoms with Gasteiger partial charge in [-0.25, -0.2) is 0 Å². The van der Waals surface area contributed by atoms with Crippen LogP contribution in [-0.4, -0.2) is 37.1 Å². The molecular weight excluding hydrogens is 130 g/mol. The minimum Gasteiger partial charge on any atom is -0.380 e. The van der Waals surface area contributed by atoms with Crippen LogP contribution in [0, 0.1) is 6.92 Å². The average Bonchev–Trinajstić information content (AvgIpc) is 2.34. The van der Waals surface area contributed by atoms with Crippen LogP contribution in [0.5, 0.6) is 0 Å². The van der Waals surface area contributed by atoms with Crippen molar-refractivity contribution in [1.29, 1.82) is 0 Å². The molecule has 10 heavy (non-hydrogen) atoms. The highest BCUT2D eigenvalue weighted by molar-refractivity contribution is 5.80. The summed E-state index contributed by atoms with van der Waals surface area (Å²) < 4.78 is 5.07. The summed E-state index contributed by atoms with van der Waals surface area (Å²) in [5.74, 6) is -0.0976. The van der Waals surface area contributed by atoms with Crippen LogP contribution in [0.4, 0.5) is 0 Å². The lowest BCUT2D eigenvalue weighted by molar-refractivity contribution is -0.125. The highest BCUT2D eigenvalue weighted by atomic mass is 16.5. The average molecular weight is 142 g/mol. The smallest absolute Gasteiger partial charge is 0.223 e. The van der Waals surface area contributed by atoms with Crippen molar-refractivity contribution in [3.05, 3.63) is 6.92 Å². The van der Waals surface area contributed by atoms with Crippen LogP contribution >= 0.6 is 0 Å². The molecule has 1 aliphatic heterocycles. The first-order chi connectivity index (χ1) is 4.74. The van der Waals surface area contributed by atoms with Crippen LogP contribution in [0.15, 0.2) is 0 Å². The molecule has 1 amide bonds. The summed E-state index contributed by atoms with van der Waals surface area (Å²) in [6, 6.07) is 0. The molecule has 3 heteroatoms. The third-order valence-electron chi connectivity index (χ3n) is 1.83. The van der Waals surface area contributed by atoms with Crippen LogP contribution in [0.3, 0.4) is 0 Å². The van der Waals surface area contributed by atoms with E-state index in [1.54, 1.807) is 12.0 Å². The number of ether oxygens (including phenoxy) is 1. The molecule has 1 radical (unpaired) electrons. The van der Waals surface area contributed by atoms with Gasteiger partial charge >= 0.3 is 0 Å². The van der Waals surface area contributed by atoms with Crippen molar-refractivity contribution in [2.24, 2.45) is 0 Å². The zero-order chi connectivity index (χ0) is 7.56. The number of rotatable bonds is 1. The monoisotopic (exact) mass is 142 g/mol. The summed E-state index contributed by atoms with van der Waals surface area (Å²) in [7, 11) is 1.67. The van der Waals surface area contributed by atoms with Crippen molar-refractivity contribution in [3.8, 4) is 0 Å². The first kappa shape index (κ1) is 7.54. The van der Waals surface area contributed by atoms with Gasteiger partial charge in [-0.2, -0.15) is 0 Å². The fourth-order valence-corrected chi connectivity index (χ4v) is 1.15. The van der Waals surface area contributed by atoms with Crippen LogP contribution in [0.25, 0.3) is 0 Å². The normalized spacial score (nSPS) is 25.4. The lowest BCUT2D eigenvalue weighted by atomic mass is 10.3. The number of hydrogen-bond donors (Lipinski definition) is 0. The van der Waals surface area contributed by atoms with Gasteiger partial charge in [-0.05, 0) is 6.42 Å². The second-order valence-electron chi connectivity index (χ2n) is 2.49. The molecule has 1 heterocycles. The van der Waals surface area contributed by atoms with Crippen molar-refractivity contribution >= 4 is 5.91 Å². The van der Waals surface area contributed by atoms with E-state index in [9.17, 15) is 4.79 Å². The molecule has 3 nitrogen and oxygen atoms in total. The fraction of sp³-hybridized carbons (Fsp3) is 0.714. The van der Waals surface area contributed by atoms with E-state index in [1.807, 2.05) is 0 Å². The lowest BCUT2D eigenvalue weighted by Crippen LogP contribution is -2.27. The third-order valence-corrected chi connectivity index (χ3v) is 1.83. The van der Waals surface area contributed by atoms with E-state index in [2.05, 4.69) is 6.92 Å². The predicted octanol–water partition coefficient (Wildman–Crippen LogP) is 0.0678. The number of likely N-dealkylation sites (tertiary alicyclic amines) is 1. The second-order valence-corrected chi connectivity index (χ2v) is 2.49. The Morgan fingerprint density at radius 3 is 2.80 bits per heavy atom. The number of carbonyl (C=O) groups is 1. The molecule has 57 valence electrons. The van der Waals surface area contributed by atoms with Crippen LogP contribution in [0.2, 0.25) is 0 Å².